The van der Waals surface area contributed by atoms with Crippen molar-refractivity contribution in [3.63, 3.8) is 0 Å². The number of nitrogens with zero attached hydrogens (tertiary/aromatic N) is 1. The van der Waals surface area contributed by atoms with Crippen LogP contribution in [0, 0.1) is 22.2 Å². The highest BCUT2D eigenvalue weighted by Gasteiger charge is 2.17. The van der Waals surface area contributed by atoms with Crippen LogP contribution in [0.4, 0.5) is 13.2 Å². The molecule has 0 unspecified atom stereocenters. The van der Waals surface area contributed by atoms with Crippen molar-refractivity contribution in [2.75, 3.05) is 0 Å². The minimum Gasteiger partial charge on any atom is -0.329 e. The van der Waals surface area contributed by atoms with E-state index in [1.54, 1.807) is 18.2 Å². The monoisotopic (exact) mass is 314 g/mol. The van der Waals surface area contributed by atoms with Gasteiger partial charge in [0.25, 0.3) is 0 Å². The summed E-state index contributed by atoms with van der Waals surface area (Å²) in [6.45, 7) is 0. The van der Waals surface area contributed by atoms with Crippen LogP contribution >= 0.6 is 23.8 Å². The molecule has 1 heterocycles. The first-order chi connectivity index (χ1) is 9.50. The summed E-state index contributed by atoms with van der Waals surface area (Å²) in [5.41, 5.74) is 0.804. The quantitative estimate of drug-likeness (QED) is 0.507. The Hall–Kier alpha value is -1.79. The zero-order valence-corrected chi connectivity index (χ0v) is 11.3. The highest BCUT2D eigenvalue weighted by atomic mass is 35.5. The number of H-pyrrole nitrogens is 1. The molecular formula is C13H6ClF3N2S. The first-order valence-electron chi connectivity index (χ1n) is 5.54. The number of hydrogen-bond donors (Lipinski definition) is 1. The van der Waals surface area contributed by atoms with Crippen LogP contribution in [0.15, 0.2) is 30.3 Å². The molecule has 3 rings (SSSR count). The second-order valence-corrected chi connectivity index (χ2v) is 4.89. The van der Waals surface area contributed by atoms with E-state index in [2.05, 4.69) is 4.98 Å². The largest absolute Gasteiger partial charge is 0.329 e. The third-order valence-corrected chi connectivity index (χ3v) is 3.52. The molecule has 0 radical (unpaired) electrons. The minimum atomic E-state index is -1.54. The second kappa shape index (κ2) is 4.64. The van der Waals surface area contributed by atoms with Crippen LogP contribution in [0.2, 0.25) is 5.02 Å². The van der Waals surface area contributed by atoms with Gasteiger partial charge in [-0.15, -0.1) is 0 Å². The van der Waals surface area contributed by atoms with Crippen LogP contribution in [0.25, 0.3) is 16.7 Å². The van der Waals surface area contributed by atoms with Crippen molar-refractivity contribution in [1.82, 2.24) is 9.55 Å². The molecule has 0 aliphatic heterocycles. The van der Waals surface area contributed by atoms with Gasteiger partial charge in [0.05, 0.1) is 21.7 Å². The number of benzene rings is 2. The Morgan fingerprint density at radius 2 is 1.80 bits per heavy atom. The molecule has 0 amide bonds. The van der Waals surface area contributed by atoms with Gasteiger partial charge in [-0.1, -0.05) is 17.7 Å². The summed E-state index contributed by atoms with van der Waals surface area (Å²) >= 11 is 11.1. The van der Waals surface area contributed by atoms with Gasteiger partial charge in [0, 0.05) is 0 Å². The van der Waals surface area contributed by atoms with Gasteiger partial charge in [-0.05, 0) is 36.5 Å². The third-order valence-electron chi connectivity index (χ3n) is 2.92. The summed E-state index contributed by atoms with van der Waals surface area (Å²) in [7, 11) is 0. The lowest BCUT2D eigenvalue weighted by atomic mass is 10.2. The summed E-state index contributed by atoms with van der Waals surface area (Å²) < 4.78 is 41.7. The molecule has 20 heavy (non-hydrogen) atoms. The van der Waals surface area contributed by atoms with Crippen molar-refractivity contribution in [1.29, 1.82) is 0 Å². The first-order valence-corrected chi connectivity index (χ1v) is 6.32. The molecule has 7 heteroatoms. The molecule has 0 saturated heterocycles. The highest BCUT2D eigenvalue weighted by Crippen LogP contribution is 2.27. The summed E-state index contributed by atoms with van der Waals surface area (Å²) in [4.78, 5) is 2.82. The Bertz CT molecular complexity index is 885. The van der Waals surface area contributed by atoms with E-state index in [0.29, 0.717) is 16.1 Å². The lowest BCUT2D eigenvalue weighted by Gasteiger charge is -2.07. The fraction of sp³-hybridized carbons (Fsp3) is 0. The summed E-state index contributed by atoms with van der Waals surface area (Å²) in [5.74, 6) is -4.10. The van der Waals surface area contributed by atoms with Crippen molar-refractivity contribution < 1.29 is 13.2 Å². The minimum absolute atomic E-state index is 0.137. The Balaban J connectivity index is 2.42. The molecule has 0 fully saturated rings. The zero-order chi connectivity index (χ0) is 14.4. The molecule has 0 bridgehead atoms. The lowest BCUT2D eigenvalue weighted by molar-refractivity contribution is 0.445. The molecule has 0 saturated carbocycles. The molecule has 2 nitrogen and oxygen atoms in total. The van der Waals surface area contributed by atoms with E-state index < -0.39 is 17.5 Å². The van der Waals surface area contributed by atoms with Crippen LogP contribution in [0.5, 0.6) is 0 Å². The van der Waals surface area contributed by atoms with Crippen LogP contribution in [0.3, 0.4) is 0 Å². The van der Waals surface area contributed by atoms with E-state index in [-0.39, 0.29) is 10.5 Å². The normalized spacial score (nSPS) is 11.2. The Kier molecular flexibility index (Phi) is 3.07. The van der Waals surface area contributed by atoms with E-state index in [4.69, 9.17) is 23.8 Å². The summed E-state index contributed by atoms with van der Waals surface area (Å²) in [5, 5.41) is 0.398. The first kappa shape index (κ1) is 13.2. The van der Waals surface area contributed by atoms with E-state index in [1.807, 2.05) is 0 Å². The third kappa shape index (κ3) is 1.83. The van der Waals surface area contributed by atoms with E-state index in [9.17, 15) is 13.2 Å². The summed E-state index contributed by atoms with van der Waals surface area (Å²) in [6, 6.07) is 6.91. The number of imidazole rings is 1. The number of aromatic nitrogens is 2. The van der Waals surface area contributed by atoms with Gasteiger partial charge in [0.1, 0.15) is 0 Å². The van der Waals surface area contributed by atoms with Gasteiger partial charge in [0.2, 0.25) is 0 Å². The Morgan fingerprint density at radius 1 is 1.05 bits per heavy atom. The van der Waals surface area contributed by atoms with E-state index >= 15 is 0 Å². The molecule has 0 spiro atoms. The molecular weight excluding hydrogens is 309 g/mol. The molecule has 1 aromatic heterocycles. The van der Waals surface area contributed by atoms with Crippen molar-refractivity contribution in [2.45, 2.75) is 0 Å². The number of fused-ring (bicyclic) bond motifs is 1. The van der Waals surface area contributed by atoms with Gasteiger partial charge in [0.15, 0.2) is 22.2 Å². The van der Waals surface area contributed by atoms with Crippen molar-refractivity contribution in [3.8, 4) is 5.69 Å². The topological polar surface area (TPSA) is 20.7 Å². The molecule has 1 N–H and O–H groups in total. The standard InChI is InChI=1S/C13H6ClF3N2S/c14-6-2-1-3-9-12(6)18-13(20)19(9)8-5-4-7(15)10(16)11(8)17/h1-5H,(H,18,20). The van der Waals surface area contributed by atoms with Crippen molar-refractivity contribution >= 4 is 34.9 Å². The molecule has 0 aliphatic carbocycles. The average Bonchev–Trinajstić information content (AvgIpc) is 2.75. The van der Waals surface area contributed by atoms with Crippen LogP contribution in [-0.2, 0) is 0 Å². The Labute approximate surface area is 121 Å². The van der Waals surface area contributed by atoms with Crippen molar-refractivity contribution in [3.05, 3.63) is 57.6 Å². The second-order valence-electron chi connectivity index (χ2n) is 4.09. The number of para-hydroxylation sites is 1. The smallest absolute Gasteiger partial charge is 0.196 e. The van der Waals surface area contributed by atoms with Gasteiger partial charge < -0.3 is 4.98 Å². The SMILES string of the molecule is Fc1ccc(-n2c(=S)[nH]c3c(Cl)cccc32)c(F)c1F. The van der Waals surface area contributed by atoms with Gasteiger partial charge >= 0.3 is 0 Å². The lowest BCUT2D eigenvalue weighted by Crippen LogP contribution is -2.02. The van der Waals surface area contributed by atoms with E-state index in [1.165, 1.54) is 4.57 Å². The van der Waals surface area contributed by atoms with E-state index in [0.717, 1.165) is 12.1 Å². The average molecular weight is 315 g/mol. The fourth-order valence-corrected chi connectivity index (χ4v) is 2.54. The van der Waals surface area contributed by atoms with Crippen LogP contribution in [0.1, 0.15) is 0 Å². The van der Waals surface area contributed by atoms with Gasteiger partial charge in [-0.2, -0.15) is 0 Å². The van der Waals surface area contributed by atoms with Gasteiger partial charge in [-0.25, -0.2) is 13.2 Å². The fourth-order valence-electron chi connectivity index (χ4n) is 2.02. The number of aromatic amines is 1. The van der Waals surface area contributed by atoms with Crippen LogP contribution < -0.4 is 0 Å². The van der Waals surface area contributed by atoms with Gasteiger partial charge in [-0.3, -0.25) is 4.57 Å². The maximum absolute atomic E-state index is 13.9. The maximum Gasteiger partial charge on any atom is 0.196 e. The van der Waals surface area contributed by atoms with Crippen LogP contribution in [-0.4, -0.2) is 9.55 Å². The predicted molar refractivity (Wildman–Crippen MR) is 73.3 cm³/mol. The zero-order valence-electron chi connectivity index (χ0n) is 9.75. The molecule has 102 valence electrons. The Morgan fingerprint density at radius 3 is 2.55 bits per heavy atom. The molecule has 3 aromatic rings. The predicted octanol–water partition coefficient (Wildman–Crippen LogP) is 4.76. The number of nitrogens with one attached hydrogen (secondary N) is 1. The summed E-state index contributed by atoms with van der Waals surface area (Å²) in [6.07, 6.45) is 0. The van der Waals surface area contributed by atoms with Crippen molar-refractivity contribution in [2.24, 2.45) is 0 Å². The number of halogens is 4. The number of hydrogen-bond acceptors (Lipinski definition) is 1. The highest BCUT2D eigenvalue weighted by molar-refractivity contribution is 7.71. The number of rotatable bonds is 1. The maximum atomic E-state index is 13.9. The molecule has 0 aliphatic rings. The molecule has 2 aromatic carbocycles. The molecule has 0 atom stereocenters.